The lowest BCUT2D eigenvalue weighted by molar-refractivity contribution is 0.0115. The number of alkyl halides is 1. The molecule has 76 valence electrons. The number of fused-ring (bicyclic) bond motifs is 1. The predicted octanol–water partition coefficient (Wildman–Crippen LogP) is 2.54. The average Bonchev–Trinajstić information content (AvgIpc) is 2.81. The second kappa shape index (κ2) is 2.80. The van der Waals surface area contributed by atoms with Gasteiger partial charge in [-0.05, 0) is 37.3 Å². The molecular weight excluding hydrogens is 197 g/mol. The third-order valence-corrected chi connectivity index (χ3v) is 4.85. The number of hydrogen-bond acceptors (Lipinski definition) is 2. The van der Waals surface area contributed by atoms with Crippen LogP contribution in [0.4, 0.5) is 4.39 Å². The van der Waals surface area contributed by atoms with Crippen LogP contribution in [0.2, 0.25) is 0 Å². The van der Waals surface area contributed by atoms with Crippen molar-refractivity contribution in [1.82, 2.24) is 5.32 Å². The molecule has 2 aliphatic heterocycles. The molecule has 0 aromatic carbocycles. The van der Waals surface area contributed by atoms with Crippen LogP contribution in [0.3, 0.4) is 0 Å². The molecule has 2 bridgehead atoms. The molecule has 14 heavy (non-hydrogen) atoms. The summed E-state index contributed by atoms with van der Waals surface area (Å²) < 4.78 is 14.6. The molecule has 1 saturated carbocycles. The fourth-order valence-electron chi connectivity index (χ4n) is 3.02. The molecule has 1 nitrogen and oxygen atoms in total. The quantitative estimate of drug-likeness (QED) is 0.792. The first-order valence-electron chi connectivity index (χ1n) is 5.16. The minimum Gasteiger partial charge on any atom is -0.313 e. The molecule has 3 heterocycles. The molecular formula is C11H14FNS. The highest BCUT2D eigenvalue weighted by atomic mass is 32.1. The summed E-state index contributed by atoms with van der Waals surface area (Å²) in [6, 6.07) is 4.28. The van der Waals surface area contributed by atoms with Crippen molar-refractivity contribution in [2.45, 2.75) is 25.1 Å². The second-order valence-corrected chi connectivity index (χ2v) is 5.54. The summed E-state index contributed by atoms with van der Waals surface area (Å²) in [4.78, 5) is 0.890. The summed E-state index contributed by atoms with van der Waals surface area (Å²) in [7, 11) is 0. The summed E-state index contributed by atoms with van der Waals surface area (Å²) in [6.07, 6.45) is 1.18. The topological polar surface area (TPSA) is 12.0 Å². The van der Waals surface area contributed by atoms with Crippen molar-refractivity contribution < 1.29 is 4.39 Å². The Bertz CT molecular complexity index is 319. The minimum absolute atomic E-state index is 0.209. The molecule has 0 amide bonds. The van der Waals surface area contributed by atoms with Gasteiger partial charge >= 0.3 is 0 Å². The van der Waals surface area contributed by atoms with Crippen LogP contribution in [0.25, 0.3) is 0 Å². The maximum Gasteiger partial charge on any atom is 0.146 e. The molecule has 3 fully saturated rings. The van der Waals surface area contributed by atoms with E-state index in [1.807, 2.05) is 17.5 Å². The van der Waals surface area contributed by atoms with E-state index in [0.29, 0.717) is 12.0 Å². The first-order chi connectivity index (χ1) is 6.69. The highest BCUT2D eigenvalue weighted by Gasteiger charge is 2.56. The number of hydrogen-bond donors (Lipinski definition) is 1. The standard InChI is InChI=1S/C11H14FNS/c1-11(12,9-3-2-4-14-9)10-7-5-8(10)13-6-7/h2-4,7-8,10,13H,5-6H2,1H3. The normalized spacial score (nSPS) is 39.1. The van der Waals surface area contributed by atoms with Gasteiger partial charge in [-0.15, -0.1) is 11.3 Å². The zero-order valence-corrected chi connectivity index (χ0v) is 8.98. The smallest absolute Gasteiger partial charge is 0.146 e. The van der Waals surface area contributed by atoms with Crippen LogP contribution < -0.4 is 5.32 Å². The Kier molecular flexibility index (Phi) is 1.77. The number of halogens is 1. The van der Waals surface area contributed by atoms with Gasteiger partial charge in [0.25, 0.3) is 0 Å². The Balaban J connectivity index is 1.90. The van der Waals surface area contributed by atoms with Crippen LogP contribution in [0.15, 0.2) is 17.5 Å². The number of nitrogens with one attached hydrogen (secondary N) is 1. The van der Waals surface area contributed by atoms with E-state index in [9.17, 15) is 4.39 Å². The van der Waals surface area contributed by atoms with Crippen LogP contribution >= 0.6 is 11.3 Å². The number of thiophene rings is 1. The highest BCUT2D eigenvalue weighted by molar-refractivity contribution is 7.10. The molecule has 3 aliphatic rings. The molecule has 2 saturated heterocycles. The van der Waals surface area contributed by atoms with Gasteiger partial charge in [-0.3, -0.25) is 0 Å². The van der Waals surface area contributed by atoms with Crippen molar-refractivity contribution in [2.75, 3.05) is 6.54 Å². The van der Waals surface area contributed by atoms with E-state index in [1.165, 1.54) is 17.8 Å². The first-order valence-corrected chi connectivity index (χ1v) is 6.04. The zero-order valence-electron chi connectivity index (χ0n) is 8.16. The minimum atomic E-state index is -1.12. The van der Waals surface area contributed by atoms with Crippen LogP contribution in [0, 0.1) is 11.8 Å². The average molecular weight is 211 g/mol. The maximum absolute atomic E-state index is 14.6. The monoisotopic (exact) mass is 211 g/mol. The zero-order chi connectivity index (χ0) is 9.76. The Morgan fingerprint density at radius 1 is 1.64 bits per heavy atom. The molecule has 1 aromatic rings. The fourth-order valence-corrected chi connectivity index (χ4v) is 3.84. The van der Waals surface area contributed by atoms with Gasteiger partial charge in [-0.2, -0.15) is 0 Å². The van der Waals surface area contributed by atoms with Crippen LogP contribution in [-0.2, 0) is 5.67 Å². The lowest BCUT2D eigenvalue weighted by atomic mass is 9.66. The van der Waals surface area contributed by atoms with Gasteiger partial charge in [0, 0.05) is 16.8 Å². The van der Waals surface area contributed by atoms with E-state index in [-0.39, 0.29) is 5.92 Å². The van der Waals surface area contributed by atoms with Gasteiger partial charge in [0.2, 0.25) is 0 Å². The van der Waals surface area contributed by atoms with Gasteiger partial charge in [-0.1, -0.05) is 6.07 Å². The summed E-state index contributed by atoms with van der Waals surface area (Å²) in [5.41, 5.74) is -1.12. The van der Waals surface area contributed by atoms with Gasteiger partial charge in [0.15, 0.2) is 0 Å². The molecule has 4 unspecified atom stereocenters. The lowest BCUT2D eigenvalue weighted by Crippen LogP contribution is -2.47. The molecule has 4 atom stereocenters. The van der Waals surface area contributed by atoms with E-state index in [1.54, 1.807) is 6.92 Å². The van der Waals surface area contributed by atoms with Crippen LogP contribution in [0.1, 0.15) is 18.2 Å². The molecule has 1 aliphatic carbocycles. The van der Waals surface area contributed by atoms with E-state index in [0.717, 1.165) is 11.4 Å². The molecule has 1 N–H and O–H groups in total. The van der Waals surface area contributed by atoms with Gasteiger partial charge in [0.05, 0.1) is 0 Å². The third-order valence-electron chi connectivity index (χ3n) is 3.77. The van der Waals surface area contributed by atoms with Crippen molar-refractivity contribution in [1.29, 1.82) is 0 Å². The third kappa shape index (κ3) is 1.03. The highest BCUT2D eigenvalue weighted by Crippen LogP contribution is 2.52. The largest absolute Gasteiger partial charge is 0.313 e. The van der Waals surface area contributed by atoms with Crippen molar-refractivity contribution >= 4 is 11.3 Å². The first kappa shape index (κ1) is 8.86. The Hall–Kier alpha value is -0.410. The summed E-state index contributed by atoms with van der Waals surface area (Å²) in [5.74, 6) is 0.776. The SMILES string of the molecule is CC(F)(c1cccs1)C1C2CNC1C2. The van der Waals surface area contributed by atoms with E-state index in [4.69, 9.17) is 0 Å². The molecule has 1 aromatic heterocycles. The summed E-state index contributed by atoms with van der Waals surface area (Å²) in [5, 5.41) is 5.34. The van der Waals surface area contributed by atoms with Crippen LogP contribution in [-0.4, -0.2) is 12.6 Å². The molecule has 4 rings (SSSR count). The Morgan fingerprint density at radius 2 is 2.50 bits per heavy atom. The van der Waals surface area contributed by atoms with Crippen molar-refractivity contribution in [3.8, 4) is 0 Å². The van der Waals surface area contributed by atoms with Gasteiger partial charge < -0.3 is 5.32 Å². The molecule has 3 heteroatoms. The molecule has 0 spiro atoms. The van der Waals surface area contributed by atoms with Gasteiger partial charge in [0.1, 0.15) is 5.67 Å². The van der Waals surface area contributed by atoms with E-state index < -0.39 is 5.67 Å². The van der Waals surface area contributed by atoms with Crippen molar-refractivity contribution in [2.24, 2.45) is 11.8 Å². The fraction of sp³-hybridized carbons (Fsp3) is 0.636. The molecule has 0 radical (unpaired) electrons. The summed E-state index contributed by atoms with van der Waals surface area (Å²) >= 11 is 1.54. The Morgan fingerprint density at radius 3 is 3.00 bits per heavy atom. The second-order valence-electron chi connectivity index (χ2n) is 4.59. The maximum atomic E-state index is 14.6. The van der Waals surface area contributed by atoms with Crippen molar-refractivity contribution in [3.63, 3.8) is 0 Å². The number of rotatable bonds is 2. The Labute approximate surface area is 87.3 Å². The van der Waals surface area contributed by atoms with Crippen LogP contribution in [0.5, 0.6) is 0 Å². The van der Waals surface area contributed by atoms with Gasteiger partial charge in [-0.25, -0.2) is 4.39 Å². The van der Waals surface area contributed by atoms with E-state index >= 15 is 0 Å². The summed E-state index contributed by atoms with van der Waals surface area (Å²) in [6.45, 7) is 2.76. The predicted molar refractivity (Wildman–Crippen MR) is 56.2 cm³/mol. The van der Waals surface area contributed by atoms with E-state index in [2.05, 4.69) is 5.32 Å². The lowest BCUT2D eigenvalue weighted by Gasteiger charge is -2.42. The van der Waals surface area contributed by atoms with Crippen molar-refractivity contribution in [3.05, 3.63) is 22.4 Å².